The zero-order chi connectivity index (χ0) is 13.9. The Morgan fingerprint density at radius 2 is 1.95 bits per heavy atom. The van der Waals surface area contributed by atoms with Gasteiger partial charge >= 0.3 is 5.69 Å². The molecule has 4 rings (SSSR count). The Morgan fingerprint density at radius 1 is 1.25 bits per heavy atom. The minimum Gasteiger partial charge on any atom is -0.317 e. The number of nitrogens with zero attached hydrogens (tertiary/aromatic N) is 4. The van der Waals surface area contributed by atoms with Crippen LogP contribution in [-0.2, 0) is 0 Å². The fourth-order valence-electron chi connectivity index (χ4n) is 3.01. The van der Waals surface area contributed by atoms with Crippen LogP contribution in [0.2, 0.25) is 0 Å². The minimum absolute atomic E-state index is 0.0557. The highest BCUT2D eigenvalue weighted by atomic mass is 79.9. The predicted molar refractivity (Wildman–Crippen MR) is 78.9 cm³/mol. The fourth-order valence-corrected chi connectivity index (χ4v) is 3.28. The van der Waals surface area contributed by atoms with Gasteiger partial charge in [-0.1, -0.05) is 0 Å². The van der Waals surface area contributed by atoms with Crippen molar-refractivity contribution < 1.29 is 0 Å². The molecule has 1 N–H and O–H groups in total. The lowest BCUT2D eigenvalue weighted by molar-refractivity contribution is 0.234. The summed E-state index contributed by atoms with van der Waals surface area (Å²) in [5.41, 5.74) is 1.50. The van der Waals surface area contributed by atoms with Crippen LogP contribution in [0.15, 0.2) is 15.6 Å². The molecule has 2 aromatic heterocycles. The third-order valence-electron chi connectivity index (χ3n) is 4.37. The maximum Gasteiger partial charge on any atom is 0.332 e. The monoisotopic (exact) mass is 337 g/mol. The van der Waals surface area contributed by atoms with Crippen LogP contribution in [0.5, 0.6) is 0 Å². The van der Waals surface area contributed by atoms with Gasteiger partial charge < -0.3 is 5.32 Å². The number of aromatic nitrogens is 4. The van der Waals surface area contributed by atoms with E-state index in [4.69, 9.17) is 0 Å². The Labute approximate surface area is 124 Å². The summed E-state index contributed by atoms with van der Waals surface area (Å²) in [4.78, 5) is 21.6. The lowest BCUT2D eigenvalue weighted by Crippen LogP contribution is -2.43. The molecule has 0 unspecified atom stereocenters. The highest BCUT2D eigenvalue weighted by Crippen LogP contribution is 2.38. The van der Waals surface area contributed by atoms with E-state index < -0.39 is 0 Å². The van der Waals surface area contributed by atoms with E-state index in [0.717, 1.165) is 37.0 Å². The Morgan fingerprint density at radius 3 is 2.60 bits per heavy atom. The summed E-state index contributed by atoms with van der Waals surface area (Å²) in [5, 5.41) is 3.25. The summed E-state index contributed by atoms with van der Waals surface area (Å²) >= 11 is 3.35. The molecule has 2 aliphatic carbocycles. The van der Waals surface area contributed by atoms with Gasteiger partial charge in [0.2, 0.25) is 0 Å². The summed E-state index contributed by atoms with van der Waals surface area (Å²) in [5.74, 6) is 0. The van der Waals surface area contributed by atoms with Crippen LogP contribution in [-0.4, -0.2) is 32.2 Å². The van der Waals surface area contributed by atoms with E-state index in [1.807, 2.05) is 16.2 Å². The van der Waals surface area contributed by atoms with Gasteiger partial charge in [0.25, 0.3) is 0 Å². The smallest absolute Gasteiger partial charge is 0.317 e. The molecule has 7 heteroatoms. The standard InChI is InChI=1S/C13H16BrN5O/c1-15-7-4-9(5-7)19-11-12(17-10(14)6-16-11)18(13(19)20)8-2-3-8/h6-9,15H,2-5H2,1H3. The van der Waals surface area contributed by atoms with Gasteiger partial charge in [-0.2, -0.15) is 0 Å². The zero-order valence-corrected chi connectivity index (χ0v) is 12.8. The second kappa shape index (κ2) is 4.39. The minimum atomic E-state index is 0.0557. The third-order valence-corrected chi connectivity index (χ3v) is 4.76. The van der Waals surface area contributed by atoms with E-state index in [-0.39, 0.29) is 11.7 Å². The van der Waals surface area contributed by atoms with Gasteiger partial charge in [0.05, 0.1) is 6.20 Å². The van der Waals surface area contributed by atoms with E-state index >= 15 is 0 Å². The normalized spacial score (nSPS) is 25.9. The predicted octanol–water partition coefficient (Wildman–Crippen LogP) is 1.61. The summed E-state index contributed by atoms with van der Waals surface area (Å²) in [6.07, 6.45) is 5.77. The highest BCUT2D eigenvalue weighted by molar-refractivity contribution is 9.10. The molecule has 0 aliphatic heterocycles. The Bertz CT molecular complexity index is 726. The average Bonchev–Trinajstić information content (AvgIpc) is 3.15. The first-order valence-electron chi connectivity index (χ1n) is 7.01. The van der Waals surface area contributed by atoms with Crippen LogP contribution in [0, 0.1) is 0 Å². The molecule has 0 aromatic carbocycles. The Hall–Kier alpha value is -1.21. The van der Waals surface area contributed by atoms with E-state index in [9.17, 15) is 4.79 Å². The molecule has 2 heterocycles. The van der Waals surface area contributed by atoms with Gasteiger partial charge in [-0.15, -0.1) is 0 Å². The first-order chi connectivity index (χ1) is 9.69. The van der Waals surface area contributed by atoms with Crippen molar-refractivity contribution in [2.45, 2.75) is 43.8 Å². The zero-order valence-electron chi connectivity index (χ0n) is 11.2. The second-order valence-corrected chi connectivity index (χ2v) is 6.52. The molecule has 2 saturated carbocycles. The van der Waals surface area contributed by atoms with Gasteiger partial charge in [0.1, 0.15) is 4.60 Å². The van der Waals surface area contributed by atoms with Crippen molar-refractivity contribution in [3.63, 3.8) is 0 Å². The number of nitrogens with one attached hydrogen (secondary N) is 1. The van der Waals surface area contributed by atoms with Gasteiger partial charge in [-0.25, -0.2) is 14.8 Å². The van der Waals surface area contributed by atoms with Crippen LogP contribution in [0.3, 0.4) is 0 Å². The molecule has 20 heavy (non-hydrogen) atoms. The quantitative estimate of drug-likeness (QED) is 0.924. The summed E-state index contributed by atoms with van der Waals surface area (Å²) in [6, 6.07) is 1.07. The number of halogens is 1. The van der Waals surface area contributed by atoms with E-state index in [2.05, 4.69) is 31.2 Å². The van der Waals surface area contributed by atoms with Crippen molar-refractivity contribution in [1.82, 2.24) is 24.4 Å². The Balaban J connectivity index is 1.88. The van der Waals surface area contributed by atoms with Gasteiger partial charge in [0, 0.05) is 18.1 Å². The van der Waals surface area contributed by atoms with Crippen molar-refractivity contribution in [3.8, 4) is 0 Å². The van der Waals surface area contributed by atoms with Crippen molar-refractivity contribution >= 4 is 27.2 Å². The maximum atomic E-state index is 12.7. The number of imidazole rings is 1. The molecule has 106 valence electrons. The maximum absolute atomic E-state index is 12.7. The van der Waals surface area contributed by atoms with Crippen LogP contribution in [0.4, 0.5) is 0 Å². The highest BCUT2D eigenvalue weighted by Gasteiger charge is 2.36. The van der Waals surface area contributed by atoms with Gasteiger partial charge in [0.15, 0.2) is 11.3 Å². The molecule has 6 nitrogen and oxygen atoms in total. The molecule has 0 spiro atoms. The van der Waals surface area contributed by atoms with Crippen molar-refractivity contribution in [3.05, 3.63) is 21.3 Å². The van der Waals surface area contributed by atoms with Crippen LogP contribution < -0.4 is 11.0 Å². The number of fused-ring (bicyclic) bond motifs is 1. The molecular weight excluding hydrogens is 322 g/mol. The largest absolute Gasteiger partial charge is 0.332 e. The first-order valence-corrected chi connectivity index (χ1v) is 7.80. The topological polar surface area (TPSA) is 64.7 Å². The molecule has 2 aliphatic rings. The van der Waals surface area contributed by atoms with Crippen molar-refractivity contribution in [1.29, 1.82) is 0 Å². The van der Waals surface area contributed by atoms with E-state index in [1.165, 1.54) is 0 Å². The van der Waals surface area contributed by atoms with Crippen molar-refractivity contribution in [2.24, 2.45) is 0 Å². The summed E-state index contributed by atoms with van der Waals surface area (Å²) < 4.78 is 4.36. The van der Waals surface area contributed by atoms with Gasteiger partial charge in [-0.3, -0.25) is 9.13 Å². The summed E-state index contributed by atoms with van der Waals surface area (Å²) in [6.45, 7) is 0. The molecule has 0 atom stereocenters. The molecule has 2 fully saturated rings. The third kappa shape index (κ3) is 1.76. The molecule has 0 radical (unpaired) electrons. The van der Waals surface area contributed by atoms with Crippen LogP contribution in [0.1, 0.15) is 37.8 Å². The summed E-state index contributed by atoms with van der Waals surface area (Å²) in [7, 11) is 1.97. The molecular formula is C13H16BrN5O. The first kappa shape index (κ1) is 12.5. The molecule has 2 aromatic rings. The average molecular weight is 338 g/mol. The van der Waals surface area contributed by atoms with E-state index in [1.54, 1.807) is 6.20 Å². The van der Waals surface area contributed by atoms with Crippen LogP contribution >= 0.6 is 15.9 Å². The fraction of sp³-hybridized carbons (Fsp3) is 0.615. The second-order valence-electron chi connectivity index (χ2n) is 5.70. The van der Waals surface area contributed by atoms with Crippen molar-refractivity contribution in [2.75, 3.05) is 7.05 Å². The Kier molecular flexibility index (Phi) is 2.75. The number of rotatable bonds is 3. The number of hydrogen-bond acceptors (Lipinski definition) is 4. The lowest BCUT2D eigenvalue weighted by Gasteiger charge is -2.35. The number of hydrogen-bond donors (Lipinski definition) is 1. The molecule has 0 saturated heterocycles. The van der Waals surface area contributed by atoms with Gasteiger partial charge in [-0.05, 0) is 48.7 Å². The van der Waals surface area contributed by atoms with E-state index in [0.29, 0.717) is 16.7 Å². The lowest BCUT2D eigenvalue weighted by atomic mass is 9.87. The molecule has 0 bridgehead atoms. The molecule has 0 amide bonds. The van der Waals surface area contributed by atoms with Crippen LogP contribution in [0.25, 0.3) is 11.3 Å². The SMILES string of the molecule is CNC1CC(n2c(=O)n(C3CC3)c3nc(Br)cnc32)C1.